The number of carbonyl (C=O) groups is 1. The van der Waals surface area contributed by atoms with Crippen molar-refractivity contribution < 1.29 is 14.6 Å². The minimum Gasteiger partial charge on any atom is -0.508 e. The van der Waals surface area contributed by atoms with Gasteiger partial charge in [-0.3, -0.25) is 0 Å². The average molecular weight is 347 g/mol. The number of esters is 1. The summed E-state index contributed by atoms with van der Waals surface area (Å²) in [5.74, 6) is -0.155. The Morgan fingerprint density at radius 1 is 0.840 bits per heavy atom. The van der Waals surface area contributed by atoms with Crippen molar-refractivity contribution in [3.8, 4) is 5.75 Å². The first-order chi connectivity index (χ1) is 12.2. The molecule has 1 rings (SSSR count). The molecule has 0 saturated heterocycles. The number of ether oxygens (including phenoxy) is 1. The number of allylic oxidation sites excluding steroid dienone is 1. The van der Waals surface area contributed by atoms with Gasteiger partial charge in [-0.15, -0.1) is 6.58 Å². The van der Waals surface area contributed by atoms with E-state index in [0.29, 0.717) is 12.2 Å². The summed E-state index contributed by atoms with van der Waals surface area (Å²) in [6.07, 6.45) is 17.1. The smallest absolute Gasteiger partial charge is 0.338 e. The highest BCUT2D eigenvalue weighted by Gasteiger charge is 2.06. The van der Waals surface area contributed by atoms with Crippen molar-refractivity contribution in [2.24, 2.45) is 0 Å². The molecular formula is C22H34O3. The Hall–Kier alpha value is -1.77. The third-order valence-corrected chi connectivity index (χ3v) is 4.39. The highest BCUT2D eigenvalue weighted by molar-refractivity contribution is 5.89. The molecule has 1 N–H and O–H groups in total. The highest BCUT2D eigenvalue weighted by atomic mass is 16.5. The van der Waals surface area contributed by atoms with Crippen molar-refractivity contribution in [2.75, 3.05) is 6.61 Å². The summed E-state index contributed by atoms with van der Waals surface area (Å²) >= 11 is 0. The van der Waals surface area contributed by atoms with E-state index in [1.807, 2.05) is 6.08 Å². The summed E-state index contributed by atoms with van der Waals surface area (Å²) in [7, 11) is 0. The molecule has 0 fully saturated rings. The van der Waals surface area contributed by atoms with E-state index >= 15 is 0 Å². The molecule has 0 aliphatic heterocycles. The maximum absolute atomic E-state index is 11.8. The number of aromatic hydroxyl groups is 1. The highest BCUT2D eigenvalue weighted by Crippen LogP contribution is 2.13. The molecule has 0 radical (unpaired) electrons. The van der Waals surface area contributed by atoms with Gasteiger partial charge in [-0.2, -0.15) is 0 Å². The second-order valence-corrected chi connectivity index (χ2v) is 6.65. The zero-order chi connectivity index (χ0) is 18.2. The standard InChI is InChI=1S/C22H34O3/c1-2-3-4-5-6-7-8-9-10-11-12-13-14-19-25-22(24)20-15-17-21(23)18-16-20/h2,15-18,23H,1,3-14,19H2. The van der Waals surface area contributed by atoms with E-state index in [1.165, 1.54) is 69.9 Å². The predicted octanol–water partition coefficient (Wildman–Crippen LogP) is 6.42. The maximum Gasteiger partial charge on any atom is 0.338 e. The summed E-state index contributed by atoms with van der Waals surface area (Å²) < 4.78 is 5.24. The van der Waals surface area contributed by atoms with E-state index < -0.39 is 0 Å². The van der Waals surface area contributed by atoms with Crippen LogP contribution >= 0.6 is 0 Å². The van der Waals surface area contributed by atoms with Gasteiger partial charge in [-0.1, -0.05) is 63.9 Å². The van der Waals surface area contributed by atoms with Gasteiger partial charge in [0, 0.05) is 0 Å². The van der Waals surface area contributed by atoms with Crippen molar-refractivity contribution in [1.82, 2.24) is 0 Å². The van der Waals surface area contributed by atoms with Crippen LogP contribution in [0.15, 0.2) is 36.9 Å². The second-order valence-electron chi connectivity index (χ2n) is 6.65. The molecule has 1 aromatic carbocycles. The number of hydrogen-bond donors (Lipinski definition) is 1. The maximum atomic E-state index is 11.8. The topological polar surface area (TPSA) is 46.5 Å². The van der Waals surface area contributed by atoms with Gasteiger partial charge in [0.2, 0.25) is 0 Å². The molecule has 3 heteroatoms. The zero-order valence-electron chi connectivity index (χ0n) is 15.5. The van der Waals surface area contributed by atoms with Gasteiger partial charge in [0.1, 0.15) is 5.75 Å². The fourth-order valence-corrected chi connectivity index (χ4v) is 2.83. The summed E-state index contributed by atoms with van der Waals surface area (Å²) in [6.45, 7) is 4.22. The van der Waals surface area contributed by atoms with Gasteiger partial charge >= 0.3 is 5.97 Å². The molecule has 0 aliphatic carbocycles. The third kappa shape index (κ3) is 11.4. The van der Waals surface area contributed by atoms with Crippen LogP contribution < -0.4 is 0 Å². The number of carbonyl (C=O) groups excluding carboxylic acids is 1. The van der Waals surface area contributed by atoms with Crippen LogP contribution in [-0.2, 0) is 4.74 Å². The first kappa shape index (κ1) is 21.3. The van der Waals surface area contributed by atoms with Crippen LogP contribution in [-0.4, -0.2) is 17.7 Å². The molecule has 0 amide bonds. The first-order valence-electron chi connectivity index (χ1n) is 9.81. The van der Waals surface area contributed by atoms with Crippen molar-refractivity contribution in [1.29, 1.82) is 0 Å². The van der Waals surface area contributed by atoms with Crippen LogP contribution in [0.4, 0.5) is 0 Å². The van der Waals surface area contributed by atoms with Crippen molar-refractivity contribution in [3.05, 3.63) is 42.5 Å². The molecule has 25 heavy (non-hydrogen) atoms. The molecule has 0 aromatic heterocycles. The van der Waals surface area contributed by atoms with Gasteiger partial charge < -0.3 is 9.84 Å². The minimum absolute atomic E-state index is 0.157. The van der Waals surface area contributed by atoms with Crippen molar-refractivity contribution in [2.45, 2.75) is 77.0 Å². The molecule has 140 valence electrons. The van der Waals surface area contributed by atoms with Crippen LogP contribution in [0, 0.1) is 0 Å². The fraction of sp³-hybridized carbons (Fsp3) is 0.591. The van der Waals surface area contributed by atoms with Crippen LogP contribution in [0.5, 0.6) is 5.75 Å². The lowest BCUT2D eigenvalue weighted by atomic mass is 10.1. The van der Waals surface area contributed by atoms with Gasteiger partial charge in [0.15, 0.2) is 0 Å². The fourth-order valence-electron chi connectivity index (χ4n) is 2.83. The number of rotatable bonds is 15. The Kier molecular flexibility index (Phi) is 12.4. The molecular weight excluding hydrogens is 312 g/mol. The molecule has 0 spiro atoms. The Morgan fingerprint density at radius 3 is 1.84 bits per heavy atom. The van der Waals surface area contributed by atoms with E-state index in [0.717, 1.165) is 19.3 Å². The predicted molar refractivity (Wildman–Crippen MR) is 104 cm³/mol. The van der Waals surface area contributed by atoms with E-state index in [-0.39, 0.29) is 11.7 Å². The van der Waals surface area contributed by atoms with Gasteiger partial charge in [0.25, 0.3) is 0 Å². The van der Waals surface area contributed by atoms with E-state index in [2.05, 4.69) is 6.58 Å². The molecule has 0 heterocycles. The largest absolute Gasteiger partial charge is 0.508 e. The van der Waals surface area contributed by atoms with E-state index in [1.54, 1.807) is 12.1 Å². The van der Waals surface area contributed by atoms with Crippen LogP contribution in [0.25, 0.3) is 0 Å². The number of phenolic OH excluding ortho intramolecular Hbond substituents is 1. The molecule has 1 aromatic rings. The molecule has 3 nitrogen and oxygen atoms in total. The minimum atomic E-state index is -0.312. The molecule has 0 unspecified atom stereocenters. The number of hydrogen-bond acceptors (Lipinski definition) is 3. The van der Waals surface area contributed by atoms with Crippen LogP contribution in [0.3, 0.4) is 0 Å². The molecule has 0 bridgehead atoms. The first-order valence-corrected chi connectivity index (χ1v) is 9.81. The summed E-state index contributed by atoms with van der Waals surface area (Å²) in [6, 6.07) is 6.16. The Morgan fingerprint density at radius 2 is 1.32 bits per heavy atom. The molecule has 0 saturated carbocycles. The van der Waals surface area contributed by atoms with Gasteiger partial charge in [0.05, 0.1) is 12.2 Å². The Bertz CT molecular complexity index is 465. The van der Waals surface area contributed by atoms with Crippen LogP contribution in [0.2, 0.25) is 0 Å². The van der Waals surface area contributed by atoms with Crippen molar-refractivity contribution >= 4 is 5.97 Å². The average Bonchev–Trinajstić information content (AvgIpc) is 2.62. The lowest BCUT2D eigenvalue weighted by Crippen LogP contribution is -2.06. The number of benzene rings is 1. The lowest BCUT2D eigenvalue weighted by Gasteiger charge is -2.05. The van der Waals surface area contributed by atoms with Gasteiger partial charge in [-0.25, -0.2) is 4.79 Å². The van der Waals surface area contributed by atoms with E-state index in [4.69, 9.17) is 4.74 Å². The Balaban J connectivity index is 1.85. The SMILES string of the molecule is C=CCCCCCCCCCCCCCOC(=O)c1ccc(O)cc1. The quantitative estimate of drug-likeness (QED) is 0.226. The van der Waals surface area contributed by atoms with E-state index in [9.17, 15) is 9.90 Å². The third-order valence-electron chi connectivity index (χ3n) is 4.39. The zero-order valence-corrected chi connectivity index (χ0v) is 15.5. The van der Waals surface area contributed by atoms with Crippen molar-refractivity contribution in [3.63, 3.8) is 0 Å². The monoisotopic (exact) mass is 346 g/mol. The van der Waals surface area contributed by atoms with Crippen LogP contribution in [0.1, 0.15) is 87.4 Å². The lowest BCUT2D eigenvalue weighted by molar-refractivity contribution is 0.0497. The molecule has 0 aliphatic rings. The summed E-state index contributed by atoms with van der Waals surface area (Å²) in [5, 5.41) is 9.19. The summed E-state index contributed by atoms with van der Waals surface area (Å²) in [5.41, 5.74) is 0.488. The van der Waals surface area contributed by atoms with Gasteiger partial charge in [-0.05, 0) is 43.5 Å². The second kappa shape index (κ2) is 14.6. The normalized spacial score (nSPS) is 10.6. The molecule has 0 atom stereocenters. The Labute approximate surface area is 153 Å². The number of phenols is 1. The summed E-state index contributed by atoms with van der Waals surface area (Å²) in [4.78, 5) is 11.8. The number of unbranched alkanes of at least 4 members (excludes halogenated alkanes) is 11.